The topological polar surface area (TPSA) is 29.5 Å². The second kappa shape index (κ2) is 3.98. The Morgan fingerprint density at radius 2 is 1.77 bits per heavy atom. The average Bonchev–Trinajstić information content (AvgIpc) is 1.99. The molecule has 0 aliphatic rings. The maximum Gasteiger partial charge on any atom is 0.387 e. The van der Waals surface area contributed by atoms with Crippen LogP contribution in [0.2, 0.25) is 10.0 Å². The van der Waals surface area contributed by atoms with Gasteiger partial charge < -0.3 is 9.84 Å². The number of alkyl halides is 2. The van der Waals surface area contributed by atoms with Crippen LogP contribution in [0.4, 0.5) is 8.78 Å². The van der Waals surface area contributed by atoms with Crippen LogP contribution < -0.4 is 4.74 Å². The fourth-order valence-electron chi connectivity index (χ4n) is 0.708. The molecule has 0 unspecified atom stereocenters. The molecule has 6 heteroatoms. The van der Waals surface area contributed by atoms with Crippen molar-refractivity contribution < 1.29 is 18.6 Å². The van der Waals surface area contributed by atoms with Gasteiger partial charge in [-0.15, -0.1) is 0 Å². The van der Waals surface area contributed by atoms with E-state index in [0.29, 0.717) is 0 Å². The Hall–Kier alpha value is -0.740. The number of aromatic hydroxyl groups is 1. The molecular weight excluding hydrogens is 225 g/mol. The summed E-state index contributed by atoms with van der Waals surface area (Å²) in [4.78, 5) is 0. The van der Waals surface area contributed by atoms with Gasteiger partial charge in [-0.3, -0.25) is 0 Å². The van der Waals surface area contributed by atoms with E-state index in [0.717, 1.165) is 12.1 Å². The minimum atomic E-state index is -3.01. The molecule has 0 spiro atoms. The summed E-state index contributed by atoms with van der Waals surface area (Å²) in [5.74, 6) is -0.876. The minimum Gasteiger partial charge on any atom is -0.504 e. The van der Waals surface area contributed by atoms with Crippen molar-refractivity contribution in [2.24, 2.45) is 0 Å². The van der Waals surface area contributed by atoms with Crippen molar-refractivity contribution in [3.05, 3.63) is 22.2 Å². The first-order chi connectivity index (χ1) is 6.00. The molecule has 1 rings (SSSR count). The molecule has 0 aliphatic carbocycles. The quantitative estimate of drug-likeness (QED) is 0.842. The third-order valence-corrected chi connectivity index (χ3v) is 1.94. The molecular formula is C7H4Cl2F2O2. The van der Waals surface area contributed by atoms with Gasteiger partial charge in [0.1, 0.15) is 0 Å². The molecule has 72 valence electrons. The Balaban J connectivity index is 3.01. The van der Waals surface area contributed by atoms with Gasteiger partial charge in [0.2, 0.25) is 0 Å². The number of phenols is 1. The van der Waals surface area contributed by atoms with Gasteiger partial charge in [-0.2, -0.15) is 8.78 Å². The highest BCUT2D eigenvalue weighted by Gasteiger charge is 2.11. The predicted molar refractivity (Wildman–Crippen MR) is 44.8 cm³/mol. The molecule has 0 aliphatic heterocycles. The lowest BCUT2D eigenvalue weighted by Gasteiger charge is -2.07. The zero-order chi connectivity index (χ0) is 10.0. The molecule has 13 heavy (non-hydrogen) atoms. The zero-order valence-corrected chi connectivity index (χ0v) is 7.61. The first-order valence-corrected chi connectivity index (χ1v) is 3.89. The number of hydrogen-bond donors (Lipinski definition) is 1. The van der Waals surface area contributed by atoms with Gasteiger partial charge in [-0.05, 0) is 0 Å². The van der Waals surface area contributed by atoms with E-state index in [1.165, 1.54) is 0 Å². The second-order valence-corrected chi connectivity index (χ2v) is 2.93. The average molecular weight is 229 g/mol. The van der Waals surface area contributed by atoms with E-state index in [9.17, 15) is 8.78 Å². The first-order valence-electron chi connectivity index (χ1n) is 3.13. The van der Waals surface area contributed by atoms with Crippen molar-refractivity contribution >= 4 is 23.2 Å². The van der Waals surface area contributed by atoms with Crippen molar-refractivity contribution in [3.63, 3.8) is 0 Å². The number of rotatable bonds is 2. The minimum absolute atomic E-state index is 0.0371. The summed E-state index contributed by atoms with van der Waals surface area (Å²) >= 11 is 11.0. The number of halogens is 4. The van der Waals surface area contributed by atoms with Crippen LogP contribution in [0.1, 0.15) is 0 Å². The van der Waals surface area contributed by atoms with Gasteiger partial charge in [-0.1, -0.05) is 23.2 Å². The Labute approximate surface area is 82.6 Å². The first kappa shape index (κ1) is 10.3. The molecule has 0 fully saturated rings. The highest BCUT2D eigenvalue weighted by molar-refractivity contribution is 6.42. The van der Waals surface area contributed by atoms with Crippen LogP contribution >= 0.6 is 23.2 Å². The van der Waals surface area contributed by atoms with Gasteiger partial charge in [0.05, 0.1) is 10.0 Å². The summed E-state index contributed by atoms with van der Waals surface area (Å²) < 4.78 is 27.4. The Kier molecular flexibility index (Phi) is 3.17. The lowest BCUT2D eigenvalue weighted by atomic mass is 10.3. The Morgan fingerprint density at radius 3 is 2.31 bits per heavy atom. The van der Waals surface area contributed by atoms with E-state index in [1.54, 1.807) is 0 Å². The smallest absolute Gasteiger partial charge is 0.387 e. The summed E-state index contributed by atoms with van der Waals surface area (Å²) in [5.41, 5.74) is 0. The fraction of sp³-hybridized carbons (Fsp3) is 0.143. The van der Waals surface area contributed by atoms with Gasteiger partial charge in [-0.25, -0.2) is 0 Å². The highest BCUT2D eigenvalue weighted by Crippen LogP contribution is 2.35. The molecule has 0 heterocycles. The zero-order valence-electron chi connectivity index (χ0n) is 6.10. The molecule has 1 aromatic rings. The fourth-order valence-corrected chi connectivity index (χ4v) is 1.02. The van der Waals surface area contributed by atoms with Gasteiger partial charge in [0, 0.05) is 12.1 Å². The Morgan fingerprint density at radius 1 is 1.23 bits per heavy atom. The van der Waals surface area contributed by atoms with Crippen LogP contribution in [0.3, 0.4) is 0 Å². The van der Waals surface area contributed by atoms with Crippen LogP contribution in [-0.2, 0) is 0 Å². The van der Waals surface area contributed by atoms with Crippen molar-refractivity contribution in [2.45, 2.75) is 6.61 Å². The second-order valence-electron chi connectivity index (χ2n) is 2.11. The normalized spacial score (nSPS) is 10.5. The van der Waals surface area contributed by atoms with E-state index in [-0.39, 0.29) is 10.0 Å². The van der Waals surface area contributed by atoms with Crippen LogP contribution in [0.5, 0.6) is 11.5 Å². The van der Waals surface area contributed by atoms with Crippen LogP contribution in [-0.4, -0.2) is 11.7 Å². The Bertz CT molecular complexity index is 318. The van der Waals surface area contributed by atoms with Gasteiger partial charge in [0.15, 0.2) is 11.5 Å². The van der Waals surface area contributed by atoms with Crippen molar-refractivity contribution in [2.75, 3.05) is 0 Å². The summed E-state index contributed by atoms with van der Waals surface area (Å²) in [7, 11) is 0. The molecule has 1 aromatic carbocycles. The summed E-state index contributed by atoms with van der Waals surface area (Å²) in [6.07, 6.45) is 0. The van der Waals surface area contributed by atoms with E-state index in [2.05, 4.69) is 4.74 Å². The molecule has 0 bridgehead atoms. The third kappa shape index (κ3) is 2.60. The molecule has 0 atom stereocenters. The number of ether oxygens (including phenoxy) is 1. The van der Waals surface area contributed by atoms with Crippen molar-refractivity contribution in [3.8, 4) is 11.5 Å². The molecule has 0 saturated carbocycles. The summed E-state index contributed by atoms with van der Waals surface area (Å²) in [6, 6.07) is 2.05. The van der Waals surface area contributed by atoms with Crippen LogP contribution in [0.15, 0.2) is 12.1 Å². The maximum absolute atomic E-state index is 11.7. The SMILES string of the molecule is Oc1cc(Cl)c(Cl)cc1OC(F)F. The number of benzene rings is 1. The predicted octanol–water partition coefficient (Wildman–Crippen LogP) is 3.30. The van der Waals surface area contributed by atoms with E-state index < -0.39 is 18.1 Å². The van der Waals surface area contributed by atoms with Gasteiger partial charge in [0.25, 0.3) is 0 Å². The molecule has 0 aromatic heterocycles. The summed E-state index contributed by atoms with van der Waals surface area (Å²) in [5, 5.41) is 9.17. The van der Waals surface area contributed by atoms with E-state index >= 15 is 0 Å². The third-order valence-electron chi connectivity index (χ3n) is 1.22. The number of phenolic OH excluding ortho intramolecular Hbond substituents is 1. The van der Waals surface area contributed by atoms with Crippen LogP contribution in [0, 0.1) is 0 Å². The molecule has 0 saturated heterocycles. The summed E-state index contributed by atoms with van der Waals surface area (Å²) in [6.45, 7) is -3.01. The van der Waals surface area contributed by atoms with E-state index in [4.69, 9.17) is 28.3 Å². The molecule has 2 nitrogen and oxygen atoms in total. The lowest BCUT2D eigenvalue weighted by Crippen LogP contribution is -2.01. The maximum atomic E-state index is 11.7. The molecule has 0 radical (unpaired) electrons. The van der Waals surface area contributed by atoms with Crippen molar-refractivity contribution in [1.82, 2.24) is 0 Å². The molecule has 0 amide bonds. The van der Waals surface area contributed by atoms with Crippen molar-refractivity contribution in [1.29, 1.82) is 0 Å². The largest absolute Gasteiger partial charge is 0.504 e. The standard InChI is InChI=1S/C7H4Cl2F2O2/c8-3-1-5(12)6(2-4(3)9)13-7(10)11/h1-2,7,12H. The number of hydrogen-bond acceptors (Lipinski definition) is 2. The lowest BCUT2D eigenvalue weighted by molar-refractivity contribution is -0.0512. The van der Waals surface area contributed by atoms with Crippen LogP contribution in [0.25, 0.3) is 0 Å². The van der Waals surface area contributed by atoms with E-state index in [1.807, 2.05) is 0 Å². The molecule has 1 N–H and O–H groups in total. The highest BCUT2D eigenvalue weighted by atomic mass is 35.5. The monoisotopic (exact) mass is 228 g/mol. The van der Waals surface area contributed by atoms with Gasteiger partial charge >= 0.3 is 6.61 Å².